The molecule has 2 N–H and O–H groups in total. The Labute approximate surface area is 150 Å². The van der Waals surface area contributed by atoms with Gasteiger partial charge in [0, 0.05) is 42.7 Å². The highest BCUT2D eigenvalue weighted by Crippen LogP contribution is 2.51. The van der Waals surface area contributed by atoms with Gasteiger partial charge >= 0.3 is 0 Å². The maximum Gasteiger partial charge on any atom is 0.110 e. The molecule has 4 heteroatoms. The number of H-pyrrole nitrogens is 1. The van der Waals surface area contributed by atoms with Gasteiger partial charge in [0.1, 0.15) is 5.60 Å². The number of rotatable bonds is 4. The van der Waals surface area contributed by atoms with Gasteiger partial charge in [0.15, 0.2) is 0 Å². The molecule has 0 unspecified atom stereocenters. The Bertz CT molecular complexity index is 779. The number of likely N-dealkylation sites (tertiary alicyclic amines) is 1. The van der Waals surface area contributed by atoms with Crippen LogP contribution in [0.25, 0.3) is 10.9 Å². The molecular formula is C21H30N2O2. The van der Waals surface area contributed by atoms with Crippen molar-refractivity contribution in [2.45, 2.75) is 56.8 Å². The quantitative estimate of drug-likeness (QED) is 0.895. The molecule has 0 amide bonds. The second-order valence-electron chi connectivity index (χ2n) is 8.01. The SMILES string of the molecule is CCC(O)(CC)[C@H]1CN(C)[C@@H]2Cc3c[nH]c4cccc(c34)[C@@]2(OC)C1. The van der Waals surface area contributed by atoms with E-state index in [0.29, 0.717) is 6.04 Å². The molecule has 1 aromatic carbocycles. The van der Waals surface area contributed by atoms with E-state index in [1.807, 2.05) is 7.11 Å². The fraction of sp³-hybridized carbons (Fsp3) is 0.619. The average Bonchev–Trinajstić information content (AvgIpc) is 3.06. The molecule has 1 aliphatic carbocycles. The second-order valence-corrected chi connectivity index (χ2v) is 8.01. The van der Waals surface area contributed by atoms with Gasteiger partial charge in [0.25, 0.3) is 0 Å². The number of benzene rings is 1. The number of nitrogens with one attached hydrogen (secondary N) is 1. The van der Waals surface area contributed by atoms with Gasteiger partial charge in [-0.05, 0) is 49.9 Å². The number of methoxy groups -OCH3 is 1. The normalized spacial score (nSPS) is 29.8. The number of nitrogens with zero attached hydrogens (tertiary/aromatic N) is 1. The summed E-state index contributed by atoms with van der Waals surface area (Å²) in [7, 11) is 4.03. The van der Waals surface area contributed by atoms with Gasteiger partial charge in [0.05, 0.1) is 5.60 Å². The highest BCUT2D eigenvalue weighted by Gasteiger charge is 2.54. The van der Waals surface area contributed by atoms with E-state index >= 15 is 0 Å². The van der Waals surface area contributed by atoms with E-state index in [0.717, 1.165) is 32.2 Å². The van der Waals surface area contributed by atoms with Crippen LogP contribution in [0.1, 0.15) is 44.2 Å². The summed E-state index contributed by atoms with van der Waals surface area (Å²) in [6.07, 6.45) is 5.59. The number of aromatic nitrogens is 1. The third-order valence-electron chi connectivity index (χ3n) is 7.13. The van der Waals surface area contributed by atoms with Crippen molar-refractivity contribution in [3.63, 3.8) is 0 Å². The molecule has 136 valence electrons. The molecule has 0 spiro atoms. The summed E-state index contributed by atoms with van der Waals surface area (Å²) in [6, 6.07) is 6.80. The van der Waals surface area contributed by atoms with Crippen molar-refractivity contribution in [1.82, 2.24) is 9.88 Å². The number of hydrogen-bond donors (Lipinski definition) is 2. The second kappa shape index (κ2) is 5.83. The van der Waals surface area contributed by atoms with Gasteiger partial charge in [-0.2, -0.15) is 0 Å². The first-order valence-electron chi connectivity index (χ1n) is 9.56. The van der Waals surface area contributed by atoms with Crippen LogP contribution in [-0.4, -0.2) is 47.3 Å². The molecule has 3 atom stereocenters. The van der Waals surface area contributed by atoms with Crippen LogP contribution < -0.4 is 0 Å². The van der Waals surface area contributed by atoms with Crippen LogP contribution in [0, 0.1) is 5.92 Å². The van der Waals surface area contributed by atoms with Crippen molar-refractivity contribution in [2.24, 2.45) is 5.92 Å². The minimum Gasteiger partial charge on any atom is -0.390 e. The van der Waals surface area contributed by atoms with Crippen molar-refractivity contribution >= 4 is 10.9 Å². The third kappa shape index (κ3) is 2.24. The summed E-state index contributed by atoms with van der Waals surface area (Å²) in [5, 5.41) is 12.6. The largest absolute Gasteiger partial charge is 0.390 e. The standard InChI is InChI=1S/C21H30N2O2/c1-5-20(24,6-2)15-11-21(25-4)16-8-7-9-17-19(16)14(12-22-17)10-18(21)23(3)13-15/h7-9,12,15,18,22,24H,5-6,10-11,13H2,1-4H3/t15-,18-,21+/m1/s1. The Morgan fingerprint density at radius 3 is 2.80 bits per heavy atom. The highest BCUT2D eigenvalue weighted by molar-refractivity contribution is 5.88. The molecule has 0 bridgehead atoms. The van der Waals surface area contributed by atoms with E-state index in [-0.39, 0.29) is 11.5 Å². The molecule has 0 radical (unpaired) electrons. The Balaban J connectivity index is 1.88. The number of hydrogen-bond acceptors (Lipinski definition) is 3. The van der Waals surface area contributed by atoms with Crippen LogP contribution in [0.3, 0.4) is 0 Å². The molecule has 4 nitrogen and oxygen atoms in total. The number of aliphatic hydroxyl groups is 1. The first-order valence-corrected chi connectivity index (χ1v) is 9.56. The van der Waals surface area contributed by atoms with E-state index in [1.165, 1.54) is 22.0 Å². The van der Waals surface area contributed by atoms with Gasteiger partial charge in [-0.1, -0.05) is 26.0 Å². The summed E-state index contributed by atoms with van der Waals surface area (Å²) < 4.78 is 6.32. The van der Waals surface area contributed by atoms with Crippen molar-refractivity contribution in [3.05, 3.63) is 35.5 Å². The molecule has 1 saturated heterocycles. The minimum atomic E-state index is -0.628. The van der Waals surface area contributed by atoms with Gasteiger partial charge in [-0.25, -0.2) is 0 Å². The first-order chi connectivity index (χ1) is 12.0. The summed E-state index contributed by atoms with van der Waals surface area (Å²) in [4.78, 5) is 5.85. The van der Waals surface area contributed by atoms with Gasteiger partial charge in [-0.3, -0.25) is 4.90 Å². The molecule has 2 aromatic rings. The van der Waals surface area contributed by atoms with E-state index in [9.17, 15) is 5.11 Å². The van der Waals surface area contributed by atoms with E-state index in [4.69, 9.17) is 4.74 Å². The fourth-order valence-corrected chi connectivity index (χ4v) is 5.50. The van der Waals surface area contributed by atoms with Crippen LogP contribution in [0.2, 0.25) is 0 Å². The van der Waals surface area contributed by atoms with Crippen molar-refractivity contribution < 1.29 is 9.84 Å². The zero-order valence-corrected chi connectivity index (χ0v) is 15.8. The molecule has 2 heterocycles. The summed E-state index contributed by atoms with van der Waals surface area (Å²) >= 11 is 0. The third-order valence-corrected chi connectivity index (χ3v) is 7.13. The molecule has 1 aromatic heterocycles. The van der Waals surface area contributed by atoms with Gasteiger partial charge in [0.2, 0.25) is 0 Å². The molecule has 1 aliphatic heterocycles. The van der Waals surface area contributed by atoms with Crippen molar-refractivity contribution in [1.29, 1.82) is 0 Å². The van der Waals surface area contributed by atoms with Crippen LogP contribution in [-0.2, 0) is 16.8 Å². The smallest absolute Gasteiger partial charge is 0.110 e. The zero-order valence-electron chi connectivity index (χ0n) is 15.8. The topological polar surface area (TPSA) is 48.5 Å². The molecule has 1 fully saturated rings. The fourth-order valence-electron chi connectivity index (χ4n) is 5.50. The molecule has 2 aliphatic rings. The number of piperidine rings is 1. The lowest BCUT2D eigenvalue weighted by Crippen LogP contribution is -2.62. The maximum atomic E-state index is 11.2. The lowest BCUT2D eigenvalue weighted by molar-refractivity contribution is -0.163. The number of likely N-dealkylation sites (N-methyl/N-ethyl adjacent to an activating group) is 1. The Hall–Kier alpha value is -1.36. The molecule has 4 rings (SSSR count). The minimum absolute atomic E-state index is 0.208. The monoisotopic (exact) mass is 342 g/mol. The number of fused-ring (bicyclic) bond motifs is 2. The van der Waals surface area contributed by atoms with Crippen LogP contribution in [0.5, 0.6) is 0 Å². The van der Waals surface area contributed by atoms with E-state index < -0.39 is 5.60 Å². The van der Waals surface area contributed by atoms with Gasteiger partial charge < -0.3 is 14.8 Å². The molecule has 25 heavy (non-hydrogen) atoms. The Morgan fingerprint density at radius 1 is 1.36 bits per heavy atom. The summed E-state index contributed by atoms with van der Waals surface area (Å²) in [5.74, 6) is 0.208. The van der Waals surface area contributed by atoms with E-state index in [2.05, 4.69) is 55.2 Å². The number of aromatic amines is 1. The first kappa shape index (κ1) is 17.1. The predicted molar refractivity (Wildman–Crippen MR) is 101 cm³/mol. The Kier molecular flexibility index (Phi) is 3.98. The summed E-state index contributed by atoms with van der Waals surface area (Å²) in [5.41, 5.74) is 2.87. The van der Waals surface area contributed by atoms with Gasteiger partial charge in [-0.15, -0.1) is 0 Å². The molecule has 0 saturated carbocycles. The van der Waals surface area contributed by atoms with Crippen molar-refractivity contribution in [3.8, 4) is 0 Å². The predicted octanol–water partition coefficient (Wildman–Crippen LogP) is 3.44. The zero-order chi connectivity index (χ0) is 17.8. The van der Waals surface area contributed by atoms with E-state index in [1.54, 1.807) is 0 Å². The van der Waals surface area contributed by atoms with Crippen LogP contribution in [0.4, 0.5) is 0 Å². The highest BCUT2D eigenvalue weighted by atomic mass is 16.5. The lowest BCUT2D eigenvalue weighted by Gasteiger charge is -2.55. The van der Waals surface area contributed by atoms with Crippen LogP contribution in [0.15, 0.2) is 24.4 Å². The maximum absolute atomic E-state index is 11.2. The van der Waals surface area contributed by atoms with Crippen LogP contribution >= 0.6 is 0 Å². The average molecular weight is 342 g/mol. The van der Waals surface area contributed by atoms with Crippen molar-refractivity contribution in [2.75, 3.05) is 20.7 Å². The Morgan fingerprint density at radius 2 is 2.12 bits per heavy atom. The number of ether oxygens (including phenoxy) is 1. The lowest BCUT2D eigenvalue weighted by atomic mass is 9.64. The molecular weight excluding hydrogens is 312 g/mol. The summed E-state index contributed by atoms with van der Waals surface area (Å²) in [6.45, 7) is 5.12.